The first-order valence-electron chi connectivity index (χ1n) is 4.74. The minimum atomic E-state index is -2.80. The van der Waals surface area contributed by atoms with Crippen molar-refractivity contribution in [3.05, 3.63) is 26.8 Å². The van der Waals surface area contributed by atoms with Crippen LogP contribution in [-0.2, 0) is 16.0 Å². The maximum absolute atomic E-state index is 13.1. The zero-order valence-corrected chi connectivity index (χ0v) is 11.0. The first-order chi connectivity index (χ1) is 7.95. The second-order valence-corrected chi connectivity index (χ2v) is 4.24. The Morgan fingerprint density at radius 1 is 1.59 bits per heavy atom. The van der Waals surface area contributed by atoms with Gasteiger partial charge in [0.05, 0.1) is 22.3 Å². The van der Waals surface area contributed by atoms with E-state index in [0.717, 1.165) is 6.07 Å². The van der Waals surface area contributed by atoms with E-state index in [9.17, 15) is 18.0 Å². The predicted molar refractivity (Wildman–Crippen MR) is 62.2 cm³/mol. The zero-order valence-electron chi connectivity index (χ0n) is 8.84. The molecule has 94 valence electrons. The molecule has 1 aromatic rings. The molecule has 0 atom stereocenters. The molecule has 0 spiro atoms. The third kappa shape index (κ3) is 3.83. The average molecular weight is 359 g/mol. The van der Waals surface area contributed by atoms with Crippen molar-refractivity contribution in [3.8, 4) is 0 Å². The molecule has 0 saturated carbocycles. The van der Waals surface area contributed by atoms with Gasteiger partial charge in [-0.05, 0) is 35.6 Å². The number of hydrogen-bond donors (Lipinski definition) is 0. The molecule has 0 unspecified atom stereocenters. The molecule has 0 aromatic carbocycles. The zero-order chi connectivity index (χ0) is 13.0. The van der Waals surface area contributed by atoms with Gasteiger partial charge in [0.1, 0.15) is 0 Å². The average Bonchev–Trinajstić information content (AvgIpc) is 2.23. The van der Waals surface area contributed by atoms with Gasteiger partial charge in [-0.25, -0.2) is 13.8 Å². The Balaban J connectivity index is 3.04. The predicted octanol–water partition coefficient (Wildman–Crippen LogP) is 2.87. The lowest BCUT2D eigenvalue weighted by atomic mass is 10.1. The highest BCUT2D eigenvalue weighted by Gasteiger charge is 2.20. The van der Waals surface area contributed by atoms with Crippen LogP contribution in [0.2, 0.25) is 0 Å². The quantitative estimate of drug-likeness (QED) is 0.472. The fraction of sp³-hybridized carbons (Fsp3) is 0.400. The SMILES string of the molecule is CCOC(=O)Cc1nc(F)c(I)cc1C(F)F. The summed E-state index contributed by atoms with van der Waals surface area (Å²) in [4.78, 5) is 14.5. The maximum atomic E-state index is 13.1. The van der Waals surface area contributed by atoms with E-state index in [1.807, 2.05) is 0 Å². The molecule has 3 nitrogen and oxygen atoms in total. The van der Waals surface area contributed by atoms with Crippen molar-refractivity contribution in [2.45, 2.75) is 19.8 Å². The summed E-state index contributed by atoms with van der Waals surface area (Å²) >= 11 is 1.56. The smallest absolute Gasteiger partial charge is 0.311 e. The van der Waals surface area contributed by atoms with Crippen LogP contribution in [0, 0.1) is 9.52 Å². The number of hydrogen-bond acceptors (Lipinski definition) is 3. The number of aromatic nitrogens is 1. The van der Waals surface area contributed by atoms with Crippen LogP contribution < -0.4 is 0 Å². The molecular weight excluding hydrogens is 350 g/mol. The van der Waals surface area contributed by atoms with Gasteiger partial charge in [-0.2, -0.15) is 4.39 Å². The van der Waals surface area contributed by atoms with Crippen LogP contribution in [-0.4, -0.2) is 17.6 Å². The second kappa shape index (κ2) is 6.18. The standard InChI is InChI=1S/C10H9F3INO2/c1-2-17-8(16)4-7-5(9(11)12)3-6(14)10(13)15-7/h3,9H,2,4H2,1H3. The molecule has 1 heterocycles. The molecule has 0 N–H and O–H groups in total. The summed E-state index contributed by atoms with van der Waals surface area (Å²) in [5.74, 6) is -1.57. The van der Waals surface area contributed by atoms with Crippen molar-refractivity contribution in [2.24, 2.45) is 0 Å². The summed E-state index contributed by atoms with van der Waals surface area (Å²) in [6.07, 6.45) is -3.26. The highest BCUT2D eigenvalue weighted by molar-refractivity contribution is 14.1. The first kappa shape index (κ1) is 14.2. The maximum Gasteiger partial charge on any atom is 0.311 e. The Labute approximate surface area is 110 Å². The highest BCUT2D eigenvalue weighted by Crippen LogP contribution is 2.25. The Hall–Kier alpha value is -0.860. The number of carbonyl (C=O) groups is 1. The van der Waals surface area contributed by atoms with Crippen LogP contribution in [0.25, 0.3) is 0 Å². The van der Waals surface area contributed by atoms with Gasteiger partial charge in [-0.3, -0.25) is 4.79 Å². The molecule has 17 heavy (non-hydrogen) atoms. The third-order valence-corrected chi connectivity index (χ3v) is 2.65. The second-order valence-electron chi connectivity index (χ2n) is 3.08. The number of pyridine rings is 1. The molecule has 0 radical (unpaired) electrons. The van der Waals surface area contributed by atoms with E-state index in [1.165, 1.54) is 0 Å². The van der Waals surface area contributed by atoms with Gasteiger partial charge in [0, 0.05) is 5.56 Å². The van der Waals surface area contributed by atoms with E-state index in [1.54, 1.807) is 29.5 Å². The summed E-state index contributed by atoms with van der Waals surface area (Å²) in [7, 11) is 0. The van der Waals surface area contributed by atoms with Gasteiger partial charge in [0.15, 0.2) is 0 Å². The lowest BCUT2D eigenvalue weighted by Crippen LogP contribution is -2.12. The normalized spacial score (nSPS) is 10.7. The van der Waals surface area contributed by atoms with E-state index < -0.39 is 30.3 Å². The Morgan fingerprint density at radius 2 is 2.24 bits per heavy atom. The summed E-state index contributed by atoms with van der Waals surface area (Å²) < 4.78 is 43.1. The Bertz CT molecular complexity index is 426. The molecule has 0 amide bonds. The topological polar surface area (TPSA) is 39.2 Å². The number of rotatable bonds is 4. The molecule has 0 fully saturated rings. The number of esters is 1. The van der Waals surface area contributed by atoms with Crippen LogP contribution >= 0.6 is 22.6 Å². The molecule has 0 aliphatic carbocycles. The molecule has 1 rings (SSSR count). The van der Waals surface area contributed by atoms with Crippen LogP contribution in [0.15, 0.2) is 6.07 Å². The highest BCUT2D eigenvalue weighted by atomic mass is 127. The van der Waals surface area contributed by atoms with Gasteiger partial charge in [-0.15, -0.1) is 0 Å². The van der Waals surface area contributed by atoms with Crippen LogP contribution in [0.3, 0.4) is 0 Å². The van der Waals surface area contributed by atoms with Crippen molar-refractivity contribution in [2.75, 3.05) is 6.61 Å². The van der Waals surface area contributed by atoms with Crippen molar-refractivity contribution in [1.82, 2.24) is 4.98 Å². The monoisotopic (exact) mass is 359 g/mol. The summed E-state index contributed by atoms with van der Waals surface area (Å²) in [6, 6.07) is 0.988. The Morgan fingerprint density at radius 3 is 2.76 bits per heavy atom. The Kier molecular flexibility index (Phi) is 5.16. The van der Waals surface area contributed by atoms with Gasteiger partial charge in [-0.1, -0.05) is 0 Å². The third-order valence-electron chi connectivity index (χ3n) is 1.90. The number of alkyl halides is 2. The minimum absolute atomic E-state index is 0.00879. The summed E-state index contributed by atoms with van der Waals surface area (Å²) in [5, 5.41) is 0. The van der Waals surface area contributed by atoms with Crippen LogP contribution in [0.4, 0.5) is 13.2 Å². The van der Waals surface area contributed by atoms with Crippen molar-refractivity contribution in [1.29, 1.82) is 0 Å². The van der Waals surface area contributed by atoms with Crippen LogP contribution in [0.5, 0.6) is 0 Å². The lowest BCUT2D eigenvalue weighted by Gasteiger charge is -2.08. The number of ether oxygens (including phenoxy) is 1. The van der Waals surface area contributed by atoms with Crippen molar-refractivity contribution >= 4 is 28.6 Å². The largest absolute Gasteiger partial charge is 0.466 e. The summed E-state index contributed by atoms with van der Waals surface area (Å²) in [5.41, 5.74) is -0.722. The number of nitrogens with zero attached hydrogens (tertiary/aromatic N) is 1. The summed E-state index contributed by atoms with van der Waals surface area (Å²) in [6.45, 7) is 1.73. The van der Waals surface area contributed by atoms with E-state index in [4.69, 9.17) is 0 Å². The molecule has 0 aliphatic heterocycles. The van der Waals surface area contributed by atoms with E-state index >= 15 is 0 Å². The van der Waals surface area contributed by atoms with Crippen molar-refractivity contribution < 1.29 is 22.7 Å². The lowest BCUT2D eigenvalue weighted by molar-refractivity contribution is -0.142. The molecule has 0 saturated heterocycles. The number of carbonyl (C=O) groups excluding carboxylic acids is 1. The minimum Gasteiger partial charge on any atom is -0.466 e. The molecule has 1 aromatic heterocycles. The molecule has 0 aliphatic rings. The van der Waals surface area contributed by atoms with E-state index in [2.05, 4.69) is 9.72 Å². The van der Waals surface area contributed by atoms with Gasteiger partial charge in [0.25, 0.3) is 6.43 Å². The van der Waals surface area contributed by atoms with Gasteiger partial charge < -0.3 is 4.74 Å². The molecule has 7 heteroatoms. The van der Waals surface area contributed by atoms with E-state index in [0.29, 0.717) is 0 Å². The molecular formula is C10H9F3INO2. The van der Waals surface area contributed by atoms with E-state index in [-0.39, 0.29) is 15.9 Å². The molecule has 0 bridgehead atoms. The fourth-order valence-corrected chi connectivity index (χ4v) is 1.65. The van der Waals surface area contributed by atoms with Crippen molar-refractivity contribution in [3.63, 3.8) is 0 Å². The first-order valence-corrected chi connectivity index (χ1v) is 5.82. The number of halogens is 4. The van der Waals surface area contributed by atoms with Gasteiger partial charge in [0.2, 0.25) is 5.95 Å². The fourth-order valence-electron chi connectivity index (χ4n) is 1.20. The van der Waals surface area contributed by atoms with Gasteiger partial charge >= 0.3 is 5.97 Å². The van der Waals surface area contributed by atoms with Crippen LogP contribution in [0.1, 0.15) is 24.6 Å².